The highest BCUT2D eigenvalue weighted by atomic mass is 35.5. The van der Waals surface area contributed by atoms with Crippen molar-refractivity contribution in [3.8, 4) is 5.75 Å². The molecule has 0 saturated heterocycles. The van der Waals surface area contributed by atoms with Crippen LogP contribution in [0, 0.1) is 5.41 Å². The van der Waals surface area contributed by atoms with E-state index in [0.29, 0.717) is 33.2 Å². The van der Waals surface area contributed by atoms with Crippen molar-refractivity contribution in [2.75, 3.05) is 15.7 Å². The maximum absolute atomic E-state index is 13.9. The van der Waals surface area contributed by atoms with Gasteiger partial charge in [-0.3, -0.25) is 13.8 Å². The summed E-state index contributed by atoms with van der Waals surface area (Å²) in [5.74, 6) is -0.603. The van der Waals surface area contributed by atoms with Crippen molar-refractivity contribution in [2.24, 2.45) is 11.1 Å². The monoisotopic (exact) mass is 592 g/mol. The van der Waals surface area contributed by atoms with Crippen LogP contribution in [-0.2, 0) is 21.4 Å². The molecule has 1 aromatic carbocycles. The highest BCUT2D eigenvalue weighted by Gasteiger charge is 2.53. The third-order valence-electron chi connectivity index (χ3n) is 7.14. The van der Waals surface area contributed by atoms with Crippen LogP contribution in [0.25, 0.3) is 0 Å². The molecule has 1 saturated carbocycles. The van der Waals surface area contributed by atoms with Crippen molar-refractivity contribution in [1.82, 2.24) is 9.78 Å². The molecule has 1 fully saturated rings. The van der Waals surface area contributed by atoms with Gasteiger partial charge in [-0.25, -0.2) is 8.42 Å². The summed E-state index contributed by atoms with van der Waals surface area (Å²) in [4.78, 5) is 23.5. The van der Waals surface area contributed by atoms with Crippen molar-refractivity contribution < 1.29 is 41.0 Å². The summed E-state index contributed by atoms with van der Waals surface area (Å²) in [6.07, 6.45) is -5.68. The fourth-order valence-corrected chi connectivity index (χ4v) is 6.48. The summed E-state index contributed by atoms with van der Waals surface area (Å²) in [6.45, 7) is 2.97. The zero-order valence-electron chi connectivity index (χ0n) is 21.2. The predicted octanol–water partition coefficient (Wildman–Crippen LogP) is 2.66. The topological polar surface area (TPSA) is 151 Å². The number of aromatic nitrogens is 2. The third-order valence-corrected chi connectivity index (χ3v) is 9.31. The number of ether oxygens (including phenoxy) is 1. The van der Waals surface area contributed by atoms with Crippen LogP contribution in [0.5, 0.6) is 5.75 Å². The van der Waals surface area contributed by atoms with E-state index < -0.39 is 50.9 Å². The molecule has 1 atom stereocenters. The second-order valence-corrected chi connectivity index (χ2v) is 12.3. The number of nitrogens with zero attached hydrogens (tertiary/aromatic N) is 4. The smallest absolute Gasteiger partial charge is 0.411 e. The van der Waals surface area contributed by atoms with Gasteiger partial charge in [0.2, 0.25) is 5.91 Å². The van der Waals surface area contributed by atoms with E-state index in [1.165, 1.54) is 16.9 Å². The molecule has 2 aliphatic rings. The summed E-state index contributed by atoms with van der Waals surface area (Å²) >= 11 is 6.13. The van der Waals surface area contributed by atoms with Crippen LogP contribution < -0.4 is 24.8 Å². The number of alkyl halides is 3. The largest absolute Gasteiger partial charge is 0.530 e. The Balaban J connectivity index is 1.85. The average Bonchev–Trinajstić information content (AvgIpc) is 3.50. The van der Waals surface area contributed by atoms with Gasteiger partial charge in [0.05, 0.1) is 17.6 Å². The zero-order valence-corrected chi connectivity index (χ0v) is 22.7. The van der Waals surface area contributed by atoms with Gasteiger partial charge in [0, 0.05) is 24.8 Å². The number of hydrogen-bond acceptors (Lipinski definition) is 7. The number of primary amides is 1. The number of anilines is 2. The molecular formula is C23H26ClF3N5O6S-. The van der Waals surface area contributed by atoms with Gasteiger partial charge in [0.15, 0.2) is 5.15 Å². The van der Waals surface area contributed by atoms with Crippen molar-refractivity contribution in [1.29, 1.82) is 0 Å². The molecule has 16 heteroatoms. The SMILES string of the molecule is CCn1cc(S(=O)(=O)N2C[C@H](CC3(C(N)=O)CC3)Oc3ccc(N(C(=O)[O-])C(C)(C)C(F)(F)F)cc32)c(Cl)n1. The number of benzene rings is 1. The molecule has 2 heterocycles. The summed E-state index contributed by atoms with van der Waals surface area (Å²) in [6, 6.07) is 3.19. The van der Waals surface area contributed by atoms with E-state index in [0.717, 1.165) is 16.4 Å². The number of nitrogens with two attached hydrogens (primary N) is 1. The number of carbonyl (C=O) groups excluding carboxylic acids is 2. The first-order valence-corrected chi connectivity index (χ1v) is 13.7. The Kier molecular flexibility index (Phi) is 6.99. The van der Waals surface area contributed by atoms with Gasteiger partial charge in [0.1, 0.15) is 28.4 Å². The Hall–Kier alpha value is -3.20. The first-order valence-electron chi connectivity index (χ1n) is 11.9. The molecule has 0 radical (unpaired) electrons. The molecule has 2 amide bonds. The Labute approximate surface area is 227 Å². The van der Waals surface area contributed by atoms with Crippen LogP contribution in [0.15, 0.2) is 29.3 Å². The number of aryl methyl sites for hydroxylation is 1. The molecule has 0 spiro atoms. The van der Waals surface area contributed by atoms with Gasteiger partial charge < -0.3 is 25.3 Å². The molecule has 1 aliphatic carbocycles. The van der Waals surface area contributed by atoms with E-state index in [2.05, 4.69) is 5.10 Å². The maximum atomic E-state index is 13.9. The van der Waals surface area contributed by atoms with E-state index in [1.54, 1.807) is 6.92 Å². The van der Waals surface area contributed by atoms with Crippen LogP contribution in [-0.4, -0.2) is 54.6 Å². The summed E-state index contributed by atoms with van der Waals surface area (Å²) in [5.41, 5.74) is 1.04. The Morgan fingerprint density at radius 2 is 1.95 bits per heavy atom. The third kappa shape index (κ3) is 4.97. The van der Waals surface area contributed by atoms with E-state index in [1.807, 2.05) is 0 Å². The van der Waals surface area contributed by atoms with Crippen LogP contribution >= 0.6 is 11.6 Å². The van der Waals surface area contributed by atoms with Gasteiger partial charge >= 0.3 is 6.18 Å². The number of carbonyl (C=O) groups is 2. The van der Waals surface area contributed by atoms with E-state index in [4.69, 9.17) is 22.1 Å². The Bertz CT molecular complexity index is 1420. The van der Waals surface area contributed by atoms with Crippen LogP contribution in [0.3, 0.4) is 0 Å². The van der Waals surface area contributed by atoms with E-state index in [9.17, 15) is 36.3 Å². The minimum atomic E-state index is -4.99. The minimum absolute atomic E-state index is 0.00145. The highest BCUT2D eigenvalue weighted by Crippen LogP contribution is 2.51. The molecule has 1 aliphatic heterocycles. The molecule has 2 aromatic rings. The molecule has 2 N–H and O–H groups in total. The maximum Gasteiger partial charge on any atom is 0.411 e. The first kappa shape index (κ1) is 28.8. The Morgan fingerprint density at radius 1 is 1.31 bits per heavy atom. The minimum Gasteiger partial charge on any atom is -0.530 e. The lowest BCUT2D eigenvalue weighted by atomic mass is 9.96. The lowest BCUT2D eigenvalue weighted by molar-refractivity contribution is -0.254. The van der Waals surface area contributed by atoms with Crippen molar-refractivity contribution >= 4 is 45.0 Å². The molecule has 214 valence electrons. The van der Waals surface area contributed by atoms with E-state index in [-0.39, 0.29) is 39.4 Å². The lowest BCUT2D eigenvalue weighted by Gasteiger charge is -2.42. The molecular weight excluding hydrogens is 567 g/mol. The fraction of sp³-hybridized carbons (Fsp3) is 0.522. The summed E-state index contributed by atoms with van der Waals surface area (Å²) in [5, 5.41) is 15.5. The molecule has 4 rings (SSSR count). The average molecular weight is 593 g/mol. The number of carboxylic acid groups (broad SMARTS) is 1. The number of hydrogen-bond donors (Lipinski definition) is 1. The molecule has 11 nitrogen and oxygen atoms in total. The number of halogens is 4. The zero-order chi connectivity index (χ0) is 29.1. The number of amides is 2. The first-order chi connectivity index (χ1) is 17.9. The number of sulfonamides is 1. The standard InChI is InChI=1S/C23H27ClF3N5O6S/c1-4-30-12-17(18(24)29-30)39(36,37)31-11-14(10-22(7-8-22)19(28)33)38-16-6-5-13(9-15(16)31)32(20(34)35)21(2,3)23(25,26)27/h5-6,9,12,14H,4,7-8,10-11H2,1-3H3,(H2,28,33)(H,34,35)/p-1/t14-/m0/s1. The van der Waals surface area contributed by atoms with Gasteiger partial charge in [0.25, 0.3) is 10.0 Å². The number of fused-ring (bicyclic) bond motifs is 1. The second kappa shape index (κ2) is 9.47. The predicted molar refractivity (Wildman–Crippen MR) is 132 cm³/mol. The van der Waals surface area contributed by atoms with E-state index >= 15 is 0 Å². The van der Waals surface area contributed by atoms with Crippen molar-refractivity contribution in [3.05, 3.63) is 29.5 Å². The van der Waals surface area contributed by atoms with Gasteiger partial charge in [-0.15, -0.1) is 0 Å². The second-order valence-electron chi connectivity index (χ2n) is 10.1. The molecule has 39 heavy (non-hydrogen) atoms. The van der Waals surface area contributed by atoms with Gasteiger partial charge in [-0.05, 0) is 51.8 Å². The normalized spacial score (nSPS) is 18.7. The lowest BCUT2D eigenvalue weighted by Crippen LogP contribution is -2.60. The Morgan fingerprint density at radius 3 is 2.44 bits per heavy atom. The molecule has 0 unspecified atom stereocenters. The van der Waals surface area contributed by atoms with Gasteiger partial charge in [-0.1, -0.05) is 11.6 Å². The van der Waals surface area contributed by atoms with Gasteiger partial charge in [-0.2, -0.15) is 18.3 Å². The fourth-order valence-electron chi connectivity index (χ4n) is 4.53. The number of rotatable bonds is 8. The van der Waals surface area contributed by atoms with Crippen molar-refractivity contribution in [3.63, 3.8) is 0 Å². The summed E-state index contributed by atoms with van der Waals surface area (Å²) in [7, 11) is -4.49. The van der Waals surface area contributed by atoms with Crippen LogP contribution in [0.4, 0.5) is 29.3 Å². The molecule has 1 aromatic heterocycles. The summed E-state index contributed by atoms with van der Waals surface area (Å²) < 4.78 is 77.2. The van der Waals surface area contributed by atoms with Crippen molar-refractivity contribution in [2.45, 2.75) is 69.3 Å². The molecule has 0 bridgehead atoms. The quantitative estimate of drug-likeness (QED) is 0.495. The highest BCUT2D eigenvalue weighted by molar-refractivity contribution is 7.93. The van der Waals surface area contributed by atoms with Crippen LogP contribution in [0.1, 0.15) is 40.0 Å². The van der Waals surface area contributed by atoms with Crippen LogP contribution in [0.2, 0.25) is 5.15 Å².